The zero-order chi connectivity index (χ0) is 14.0. The van der Waals surface area contributed by atoms with E-state index in [2.05, 4.69) is 34.1 Å². The molecule has 6 nitrogen and oxygen atoms in total. The molecule has 5 N–H and O–H groups in total. The number of anilines is 4. The monoisotopic (exact) mass is 278 g/mol. The Kier molecular flexibility index (Phi) is 3.71. The third-order valence-electron chi connectivity index (χ3n) is 2.63. The molecule has 0 bridgehead atoms. The maximum absolute atomic E-state index is 5.92. The molecule has 100 valence electrons. The molecule has 0 fully saturated rings. The number of nitrogens with zero attached hydrogens (tertiary/aromatic N) is 3. The lowest BCUT2D eigenvalue weighted by atomic mass is 10.0. The SMILES string of the molecule is CC(C)c1cnc(Cl)cc1Nc1cnc(N)nc1N. The molecule has 0 aliphatic carbocycles. The molecule has 2 aromatic heterocycles. The second-order valence-electron chi connectivity index (χ2n) is 4.40. The number of halogens is 1. The van der Waals surface area contributed by atoms with Crippen LogP contribution in [0.3, 0.4) is 0 Å². The minimum atomic E-state index is 0.139. The maximum atomic E-state index is 5.92. The number of aromatic nitrogens is 3. The van der Waals surface area contributed by atoms with Crippen molar-refractivity contribution in [3.05, 3.63) is 29.2 Å². The quantitative estimate of drug-likeness (QED) is 0.746. The van der Waals surface area contributed by atoms with Crippen molar-refractivity contribution in [1.29, 1.82) is 0 Å². The molecular weight excluding hydrogens is 264 g/mol. The van der Waals surface area contributed by atoms with Crippen LogP contribution < -0.4 is 16.8 Å². The number of hydrogen-bond donors (Lipinski definition) is 3. The largest absolute Gasteiger partial charge is 0.382 e. The fourth-order valence-corrected chi connectivity index (χ4v) is 1.82. The molecule has 0 atom stereocenters. The van der Waals surface area contributed by atoms with Crippen molar-refractivity contribution >= 4 is 34.7 Å². The highest BCUT2D eigenvalue weighted by Crippen LogP contribution is 2.29. The van der Waals surface area contributed by atoms with Crippen molar-refractivity contribution in [2.45, 2.75) is 19.8 Å². The third kappa shape index (κ3) is 3.03. The van der Waals surface area contributed by atoms with E-state index in [-0.39, 0.29) is 11.8 Å². The predicted octanol–water partition coefficient (Wildman–Crippen LogP) is 2.56. The first-order valence-corrected chi connectivity index (χ1v) is 6.15. The van der Waals surface area contributed by atoms with Crippen molar-refractivity contribution in [1.82, 2.24) is 15.0 Å². The fourth-order valence-electron chi connectivity index (χ4n) is 1.66. The van der Waals surface area contributed by atoms with Crippen LogP contribution in [0.1, 0.15) is 25.3 Å². The Balaban J connectivity index is 2.39. The molecule has 0 saturated heterocycles. The summed E-state index contributed by atoms with van der Waals surface area (Å²) in [5.41, 5.74) is 13.7. The van der Waals surface area contributed by atoms with E-state index in [1.54, 1.807) is 12.3 Å². The van der Waals surface area contributed by atoms with Crippen LogP contribution >= 0.6 is 11.6 Å². The molecule has 0 spiro atoms. The minimum absolute atomic E-state index is 0.139. The van der Waals surface area contributed by atoms with Crippen molar-refractivity contribution in [3.8, 4) is 0 Å². The molecule has 0 aliphatic rings. The smallest absolute Gasteiger partial charge is 0.222 e. The number of rotatable bonds is 3. The van der Waals surface area contributed by atoms with Gasteiger partial charge in [-0.2, -0.15) is 4.98 Å². The molecule has 0 unspecified atom stereocenters. The first-order valence-electron chi connectivity index (χ1n) is 5.78. The van der Waals surface area contributed by atoms with Gasteiger partial charge in [-0.3, -0.25) is 0 Å². The molecule has 7 heteroatoms. The van der Waals surface area contributed by atoms with Gasteiger partial charge in [-0.05, 0) is 17.5 Å². The molecule has 0 radical (unpaired) electrons. The highest BCUT2D eigenvalue weighted by atomic mass is 35.5. The predicted molar refractivity (Wildman–Crippen MR) is 77.5 cm³/mol. The number of nitrogens with two attached hydrogens (primary N) is 2. The standard InChI is InChI=1S/C12H15ClN6/c1-6(2)7-4-16-10(13)3-8(7)18-9-5-17-12(15)19-11(9)14/h3-6H,1-2H3,(H,16,18)(H4,14,15,17,19). The van der Waals surface area contributed by atoms with Crippen molar-refractivity contribution < 1.29 is 0 Å². The van der Waals surface area contributed by atoms with Crippen LogP contribution in [0.5, 0.6) is 0 Å². The van der Waals surface area contributed by atoms with Crippen LogP contribution in [0.4, 0.5) is 23.1 Å². The maximum Gasteiger partial charge on any atom is 0.222 e. The molecule has 0 aromatic carbocycles. The van der Waals surface area contributed by atoms with Crippen molar-refractivity contribution in [2.75, 3.05) is 16.8 Å². The topological polar surface area (TPSA) is 103 Å². The van der Waals surface area contributed by atoms with Gasteiger partial charge >= 0.3 is 0 Å². The highest BCUT2D eigenvalue weighted by molar-refractivity contribution is 6.29. The highest BCUT2D eigenvalue weighted by Gasteiger charge is 2.10. The van der Waals surface area contributed by atoms with E-state index in [1.165, 1.54) is 6.20 Å². The lowest BCUT2D eigenvalue weighted by Crippen LogP contribution is -2.05. The summed E-state index contributed by atoms with van der Waals surface area (Å²) >= 11 is 5.92. The fraction of sp³-hybridized carbons (Fsp3) is 0.250. The first kappa shape index (κ1) is 13.4. The minimum Gasteiger partial charge on any atom is -0.382 e. The van der Waals surface area contributed by atoms with E-state index in [4.69, 9.17) is 23.1 Å². The Labute approximate surface area is 116 Å². The van der Waals surface area contributed by atoms with Crippen molar-refractivity contribution in [3.63, 3.8) is 0 Å². The zero-order valence-corrected chi connectivity index (χ0v) is 11.4. The van der Waals surface area contributed by atoms with E-state index < -0.39 is 0 Å². The summed E-state index contributed by atoms with van der Waals surface area (Å²) in [5.74, 6) is 0.721. The molecule has 0 aliphatic heterocycles. The van der Waals surface area contributed by atoms with E-state index in [0.29, 0.717) is 16.8 Å². The molecule has 19 heavy (non-hydrogen) atoms. The van der Waals surface area contributed by atoms with E-state index in [0.717, 1.165) is 11.3 Å². The van der Waals surface area contributed by atoms with Gasteiger partial charge in [-0.1, -0.05) is 25.4 Å². The van der Waals surface area contributed by atoms with Gasteiger partial charge in [0.15, 0.2) is 5.82 Å². The Morgan fingerprint density at radius 1 is 1.16 bits per heavy atom. The molecule has 0 amide bonds. The van der Waals surface area contributed by atoms with Crippen molar-refractivity contribution in [2.24, 2.45) is 0 Å². The summed E-state index contributed by atoms with van der Waals surface area (Å²) in [7, 11) is 0. The van der Waals surface area contributed by atoms with Gasteiger partial charge in [0.05, 0.1) is 6.20 Å². The number of pyridine rings is 1. The van der Waals surface area contributed by atoms with Gasteiger partial charge < -0.3 is 16.8 Å². The summed E-state index contributed by atoms with van der Waals surface area (Å²) in [6, 6.07) is 1.74. The summed E-state index contributed by atoms with van der Waals surface area (Å²) in [4.78, 5) is 11.9. The normalized spacial score (nSPS) is 10.7. The molecular formula is C12H15ClN6. The molecule has 2 heterocycles. The zero-order valence-electron chi connectivity index (χ0n) is 10.7. The van der Waals surface area contributed by atoms with Crippen LogP contribution in [0, 0.1) is 0 Å². The summed E-state index contributed by atoms with van der Waals surface area (Å²) < 4.78 is 0. The lowest BCUT2D eigenvalue weighted by molar-refractivity contribution is 0.861. The number of nitrogen functional groups attached to an aromatic ring is 2. The van der Waals surface area contributed by atoms with Gasteiger partial charge in [-0.25, -0.2) is 9.97 Å². The van der Waals surface area contributed by atoms with Gasteiger partial charge in [0, 0.05) is 11.9 Å². The van der Waals surface area contributed by atoms with E-state index in [1.807, 2.05) is 0 Å². The average Bonchev–Trinajstić information content (AvgIpc) is 2.32. The van der Waals surface area contributed by atoms with Crippen LogP contribution in [0.25, 0.3) is 0 Å². The number of hydrogen-bond acceptors (Lipinski definition) is 6. The van der Waals surface area contributed by atoms with Gasteiger partial charge in [-0.15, -0.1) is 0 Å². The summed E-state index contributed by atoms with van der Waals surface area (Å²) in [6.45, 7) is 4.14. The van der Waals surface area contributed by atoms with Gasteiger partial charge in [0.1, 0.15) is 10.8 Å². The van der Waals surface area contributed by atoms with Crippen LogP contribution in [-0.2, 0) is 0 Å². The lowest BCUT2D eigenvalue weighted by Gasteiger charge is -2.15. The summed E-state index contributed by atoms with van der Waals surface area (Å²) in [6.07, 6.45) is 3.28. The Hall–Kier alpha value is -2.08. The Bertz CT molecular complexity index is 599. The Morgan fingerprint density at radius 2 is 1.89 bits per heavy atom. The van der Waals surface area contributed by atoms with E-state index >= 15 is 0 Å². The second kappa shape index (κ2) is 5.27. The number of nitrogens with one attached hydrogen (secondary N) is 1. The Morgan fingerprint density at radius 3 is 2.53 bits per heavy atom. The second-order valence-corrected chi connectivity index (χ2v) is 4.79. The molecule has 2 rings (SSSR count). The molecule has 2 aromatic rings. The van der Waals surface area contributed by atoms with E-state index in [9.17, 15) is 0 Å². The van der Waals surface area contributed by atoms with Crippen LogP contribution in [0.15, 0.2) is 18.5 Å². The average molecular weight is 279 g/mol. The molecule has 0 saturated carbocycles. The summed E-state index contributed by atoms with van der Waals surface area (Å²) in [5, 5.41) is 3.56. The van der Waals surface area contributed by atoms with Crippen LogP contribution in [-0.4, -0.2) is 15.0 Å². The van der Waals surface area contributed by atoms with Gasteiger partial charge in [0.2, 0.25) is 5.95 Å². The van der Waals surface area contributed by atoms with Crippen LogP contribution in [0.2, 0.25) is 5.15 Å². The first-order chi connectivity index (χ1) is 8.97. The third-order valence-corrected chi connectivity index (χ3v) is 2.84. The van der Waals surface area contributed by atoms with Gasteiger partial charge in [0.25, 0.3) is 0 Å².